The van der Waals surface area contributed by atoms with Gasteiger partial charge in [-0.2, -0.15) is 4.89 Å². The summed E-state index contributed by atoms with van der Waals surface area (Å²) in [4.78, 5) is 9.39. The van der Waals surface area contributed by atoms with Crippen LogP contribution in [-0.4, -0.2) is 4.89 Å². The highest BCUT2D eigenvalue weighted by Crippen LogP contribution is 2.34. The van der Waals surface area contributed by atoms with Crippen LogP contribution in [0.1, 0.15) is 16.9 Å². The van der Waals surface area contributed by atoms with E-state index >= 15 is 0 Å². The van der Waals surface area contributed by atoms with Gasteiger partial charge in [0.1, 0.15) is 0 Å². The number of rotatable bonds is 5. The zero-order valence-electron chi connectivity index (χ0n) is 9.86. The Morgan fingerprint density at radius 2 is 1.56 bits per heavy atom. The average Bonchev–Trinajstić information content (AvgIpc) is 2.41. The van der Waals surface area contributed by atoms with E-state index in [2.05, 4.69) is 5.32 Å². The van der Waals surface area contributed by atoms with Gasteiger partial charge in [-0.15, -0.1) is 0 Å². The summed E-state index contributed by atoms with van der Waals surface area (Å²) in [7, 11) is -2.30. The molecule has 1 unspecified atom stereocenters. The monoisotopic (exact) mass is 260 g/mol. The van der Waals surface area contributed by atoms with Gasteiger partial charge in [-0.05, 0) is 10.1 Å². The minimum atomic E-state index is -2.30. The van der Waals surface area contributed by atoms with Gasteiger partial charge < -0.3 is 0 Å². The summed E-state index contributed by atoms with van der Waals surface area (Å²) < 4.78 is 11.4. The fourth-order valence-electron chi connectivity index (χ4n) is 1.77. The van der Waals surface area contributed by atoms with Crippen LogP contribution in [0.15, 0.2) is 60.7 Å². The Labute approximate surface area is 107 Å². The second-order valence-corrected chi connectivity index (χ2v) is 5.10. The number of hydrogen-bond donors (Lipinski definition) is 2. The van der Waals surface area contributed by atoms with E-state index in [1.54, 1.807) is 0 Å². The van der Waals surface area contributed by atoms with E-state index in [1.807, 2.05) is 60.7 Å². The molecule has 0 spiro atoms. The van der Waals surface area contributed by atoms with Gasteiger partial charge in [0.15, 0.2) is 0 Å². The van der Waals surface area contributed by atoms with E-state index in [1.165, 1.54) is 0 Å². The topological polar surface area (TPSA) is 49.3 Å². The van der Waals surface area contributed by atoms with E-state index in [0.717, 1.165) is 11.1 Å². The van der Waals surface area contributed by atoms with Crippen LogP contribution in [0, 0.1) is 0 Å². The third-order valence-corrected chi connectivity index (χ3v) is 3.60. The van der Waals surface area contributed by atoms with E-state index in [-0.39, 0.29) is 0 Å². The van der Waals surface area contributed by atoms with Gasteiger partial charge >= 0.3 is 8.03 Å². The fourth-order valence-corrected chi connectivity index (χ4v) is 2.44. The SMILES string of the molecule is O=[P+](O)[C@H](NCc1ccccc1)c1ccccc1. The molecule has 18 heavy (non-hydrogen) atoms. The van der Waals surface area contributed by atoms with Crippen LogP contribution >= 0.6 is 8.03 Å². The largest absolute Gasteiger partial charge is 0.529 e. The van der Waals surface area contributed by atoms with Crippen molar-refractivity contribution in [1.82, 2.24) is 5.32 Å². The Balaban J connectivity index is 2.06. The molecule has 0 aliphatic heterocycles. The Morgan fingerprint density at radius 1 is 1.00 bits per heavy atom. The predicted molar refractivity (Wildman–Crippen MR) is 72.3 cm³/mol. The van der Waals surface area contributed by atoms with Gasteiger partial charge in [0, 0.05) is 12.1 Å². The highest BCUT2D eigenvalue weighted by Gasteiger charge is 2.29. The maximum Gasteiger partial charge on any atom is 0.529 e. The van der Waals surface area contributed by atoms with Crippen molar-refractivity contribution in [2.75, 3.05) is 0 Å². The highest BCUT2D eigenvalue weighted by molar-refractivity contribution is 7.38. The standard InChI is InChI=1S/C14H14NO2P/c16-18(17)14(13-9-5-2-6-10-13)15-11-12-7-3-1-4-8-12/h1-10,14-15H,11H2/p+1/t14-/m0/s1. The van der Waals surface area contributed by atoms with Crippen molar-refractivity contribution in [2.24, 2.45) is 0 Å². The molecule has 2 atom stereocenters. The van der Waals surface area contributed by atoms with Crippen LogP contribution in [0.5, 0.6) is 0 Å². The normalized spacial score (nSPS) is 13.1. The van der Waals surface area contributed by atoms with E-state index in [4.69, 9.17) is 0 Å². The Kier molecular flexibility index (Phi) is 4.59. The first-order chi connectivity index (χ1) is 8.77. The van der Waals surface area contributed by atoms with Crippen molar-refractivity contribution in [2.45, 2.75) is 12.3 Å². The summed E-state index contributed by atoms with van der Waals surface area (Å²) in [6.07, 6.45) is 0. The minimum absolute atomic E-state index is 0.526. The first-order valence-electron chi connectivity index (χ1n) is 5.75. The third kappa shape index (κ3) is 3.47. The fraction of sp³-hybridized carbons (Fsp3) is 0.143. The van der Waals surface area contributed by atoms with Crippen LogP contribution in [0.3, 0.4) is 0 Å². The molecule has 2 aromatic carbocycles. The van der Waals surface area contributed by atoms with Crippen LogP contribution < -0.4 is 5.32 Å². The molecule has 2 rings (SSSR count). The van der Waals surface area contributed by atoms with Crippen molar-refractivity contribution in [3.05, 3.63) is 71.8 Å². The lowest BCUT2D eigenvalue weighted by molar-refractivity contribution is 0.474. The van der Waals surface area contributed by atoms with Crippen LogP contribution in [-0.2, 0) is 11.1 Å². The minimum Gasteiger partial charge on any atom is -0.263 e. The molecule has 2 N–H and O–H groups in total. The summed E-state index contributed by atoms with van der Waals surface area (Å²) >= 11 is 0. The maximum atomic E-state index is 11.4. The third-order valence-electron chi connectivity index (χ3n) is 2.68. The van der Waals surface area contributed by atoms with Gasteiger partial charge in [-0.3, -0.25) is 5.32 Å². The molecule has 4 heteroatoms. The summed E-state index contributed by atoms with van der Waals surface area (Å²) in [5.74, 6) is -0.526. The molecule has 0 saturated carbocycles. The predicted octanol–water partition coefficient (Wildman–Crippen LogP) is 3.21. The number of hydrogen-bond acceptors (Lipinski definition) is 2. The van der Waals surface area contributed by atoms with Crippen LogP contribution in [0.4, 0.5) is 0 Å². The van der Waals surface area contributed by atoms with E-state index in [0.29, 0.717) is 6.54 Å². The van der Waals surface area contributed by atoms with Crippen LogP contribution in [0.25, 0.3) is 0 Å². The molecular formula is C14H15NO2P+. The van der Waals surface area contributed by atoms with Crippen molar-refractivity contribution < 1.29 is 9.46 Å². The second-order valence-electron chi connectivity index (χ2n) is 3.98. The maximum absolute atomic E-state index is 11.4. The quantitative estimate of drug-likeness (QED) is 0.811. The molecule has 0 aromatic heterocycles. The van der Waals surface area contributed by atoms with Gasteiger partial charge in [0.25, 0.3) is 5.78 Å². The molecule has 0 heterocycles. The summed E-state index contributed by atoms with van der Waals surface area (Å²) in [6.45, 7) is 0.571. The van der Waals surface area contributed by atoms with Gasteiger partial charge in [0.05, 0.1) is 0 Å². The first kappa shape index (κ1) is 12.9. The van der Waals surface area contributed by atoms with Crippen molar-refractivity contribution in [3.8, 4) is 0 Å². The lowest BCUT2D eigenvalue weighted by Gasteiger charge is -2.08. The highest BCUT2D eigenvalue weighted by atomic mass is 31.1. The van der Waals surface area contributed by atoms with Gasteiger partial charge in [-0.1, -0.05) is 60.7 Å². The Hall–Kier alpha value is -1.54. The Bertz CT molecular complexity index is 502. The molecule has 92 valence electrons. The summed E-state index contributed by atoms with van der Waals surface area (Å²) in [5.41, 5.74) is 1.92. The van der Waals surface area contributed by atoms with E-state index in [9.17, 15) is 9.46 Å². The zero-order chi connectivity index (χ0) is 12.8. The summed E-state index contributed by atoms with van der Waals surface area (Å²) in [5, 5.41) is 3.12. The zero-order valence-corrected chi connectivity index (χ0v) is 10.8. The van der Waals surface area contributed by atoms with E-state index < -0.39 is 13.8 Å². The Morgan fingerprint density at radius 3 is 2.11 bits per heavy atom. The molecule has 0 saturated heterocycles. The van der Waals surface area contributed by atoms with Crippen molar-refractivity contribution >= 4 is 8.03 Å². The summed E-state index contributed by atoms with van der Waals surface area (Å²) in [6, 6.07) is 19.2. The van der Waals surface area contributed by atoms with Crippen molar-refractivity contribution in [3.63, 3.8) is 0 Å². The molecule has 0 fully saturated rings. The number of nitrogens with one attached hydrogen (secondary N) is 1. The molecule has 0 aliphatic carbocycles. The molecular weight excluding hydrogens is 245 g/mol. The smallest absolute Gasteiger partial charge is 0.263 e. The molecule has 3 nitrogen and oxygen atoms in total. The van der Waals surface area contributed by atoms with Crippen LogP contribution in [0.2, 0.25) is 0 Å². The average molecular weight is 260 g/mol. The first-order valence-corrected chi connectivity index (χ1v) is 7.03. The lowest BCUT2D eigenvalue weighted by Crippen LogP contribution is -2.18. The van der Waals surface area contributed by atoms with Gasteiger partial charge in [0.2, 0.25) is 0 Å². The number of benzene rings is 2. The molecule has 0 aliphatic rings. The van der Waals surface area contributed by atoms with Crippen molar-refractivity contribution in [1.29, 1.82) is 0 Å². The van der Waals surface area contributed by atoms with Gasteiger partial charge in [-0.25, -0.2) is 0 Å². The lowest BCUT2D eigenvalue weighted by atomic mass is 10.2. The molecule has 0 amide bonds. The molecule has 0 bridgehead atoms. The molecule has 0 radical (unpaired) electrons. The molecule has 2 aromatic rings. The second kappa shape index (κ2) is 6.41.